The van der Waals surface area contributed by atoms with Crippen molar-refractivity contribution >= 4 is 63.6 Å². The first-order valence-corrected chi connectivity index (χ1v) is 12.4. The molecular weight excluding hydrogens is 551 g/mol. The standard InChI is InChI=1S/C23H19Cl4F3N2OS/c1-11-12(2)16(21(33)31-9-15-10-32-22(27)34-15)5-3-13(11)4-6-17(23(28,29)30)14-7-18(24)20(26)19(25)8-14/h3-8,10-12,17H,9H2,1-2H3,(H,31,33)/b6-4+. The van der Waals surface area contributed by atoms with Crippen molar-refractivity contribution in [1.29, 1.82) is 0 Å². The molecule has 0 bridgehead atoms. The van der Waals surface area contributed by atoms with Crippen LogP contribution >= 0.6 is 57.7 Å². The van der Waals surface area contributed by atoms with Crippen LogP contribution in [0.4, 0.5) is 13.2 Å². The molecule has 0 saturated heterocycles. The van der Waals surface area contributed by atoms with Gasteiger partial charge in [-0.2, -0.15) is 13.2 Å². The Hall–Kier alpha value is -1.51. The number of carbonyl (C=O) groups excluding carboxylic acids is 1. The summed E-state index contributed by atoms with van der Waals surface area (Å²) >= 11 is 24.8. The van der Waals surface area contributed by atoms with E-state index in [-0.39, 0.29) is 44.9 Å². The number of hydrogen-bond acceptors (Lipinski definition) is 3. The summed E-state index contributed by atoms with van der Waals surface area (Å²) in [5.74, 6) is -2.57. The van der Waals surface area contributed by atoms with E-state index in [1.807, 2.05) is 13.8 Å². The number of halogens is 7. The van der Waals surface area contributed by atoms with Gasteiger partial charge in [-0.15, -0.1) is 11.3 Å². The van der Waals surface area contributed by atoms with E-state index in [0.29, 0.717) is 15.6 Å². The number of thiazole rings is 1. The van der Waals surface area contributed by atoms with Crippen molar-refractivity contribution in [3.63, 3.8) is 0 Å². The number of nitrogens with one attached hydrogen (secondary N) is 1. The smallest absolute Gasteiger partial charge is 0.347 e. The Morgan fingerprint density at radius 1 is 1.15 bits per heavy atom. The molecule has 182 valence electrons. The molecule has 1 aliphatic rings. The summed E-state index contributed by atoms with van der Waals surface area (Å²) in [5, 5.41) is 2.73. The van der Waals surface area contributed by atoms with Crippen molar-refractivity contribution in [3.8, 4) is 0 Å². The fourth-order valence-electron chi connectivity index (χ4n) is 3.54. The SMILES string of the molecule is CC1C(/C=C/C(c2cc(Cl)c(Cl)c(Cl)c2)C(F)(F)F)=CC=C(C(=O)NCc2cnc(Cl)s2)C1C. The van der Waals surface area contributed by atoms with Crippen LogP contribution in [0, 0.1) is 11.8 Å². The minimum absolute atomic E-state index is 0.00352. The highest BCUT2D eigenvalue weighted by molar-refractivity contribution is 7.15. The zero-order chi connectivity index (χ0) is 25.2. The lowest BCUT2D eigenvalue weighted by atomic mass is 9.78. The number of alkyl halides is 3. The Morgan fingerprint density at radius 2 is 1.79 bits per heavy atom. The molecule has 2 aromatic rings. The highest BCUT2D eigenvalue weighted by Gasteiger charge is 2.39. The van der Waals surface area contributed by atoms with Gasteiger partial charge in [-0.3, -0.25) is 4.79 Å². The average molecular weight is 570 g/mol. The fraction of sp³-hybridized carbons (Fsp3) is 0.304. The number of carbonyl (C=O) groups is 1. The molecule has 1 aliphatic carbocycles. The molecule has 1 aromatic carbocycles. The third kappa shape index (κ3) is 6.38. The quantitative estimate of drug-likeness (QED) is 0.355. The van der Waals surface area contributed by atoms with Gasteiger partial charge in [0.2, 0.25) is 5.91 Å². The summed E-state index contributed by atoms with van der Waals surface area (Å²) in [6, 6.07) is 2.33. The van der Waals surface area contributed by atoms with Gasteiger partial charge in [0.1, 0.15) is 0 Å². The van der Waals surface area contributed by atoms with E-state index in [4.69, 9.17) is 46.4 Å². The second-order valence-corrected chi connectivity index (χ2v) is 10.7. The number of rotatable bonds is 6. The van der Waals surface area contributed by atoms with E-state index in [1.54, 1.807) is 18.3 Å². The molecule has 3 nitrogen and oxygen atoms in total. The number of allylic oxidation sites excluding steroid dienone is 5. The lowest BCUT2D eigenvalue weighted by Crippen LogP contribution is -2.30. The van der Waals surface area contributed by atoms with Crippen LogP contribution < -0.4 is 5.32 Å². The van der Waals surface area contributed by atoms with E-state index < -0.39 is 12.1 Å². The van der Waals surface area contributed by atoms with Gasteiger partial charge in [0.05, 0.1) is 27.5 Å². The zero-order valence-electron chi connectivity index (χ0n) is 17.9. The Balaban J connectivity index is 1.81. The predicted molar refractivity (Wildman–Crippen MR) is 133 cm³/mol. The second-order valence-electron chi connectivity index (χ2n) is 7.81. The predicted octanol–water partition coefficient (Wildman–Crippen LogP) is 8.41. The molecule has 0 radical (unpaired) electrons. The van der Waals surface area contributed by atoms with Crippen LogP contribution in [0.2, 0.25) is 19.5 Å². The summed E-state index contributed by atoms with van der Waals surface area (Å²) in [7, 11) is 0. The first-order valence-electron chi connectivity index (χ1n) is 10.1. The maximum absolute atomic E-state index is 13.8. The molecule has 0 aliphatic heterocycles. The minimum Gasteiger partial charge on any atom is -0.347 e. The zero-order valence-corrected chi connectivity index (χ0v) is 21.7. The van der Waals surface area contributed by atoms with Crippen molar-refractivity contribution in [2.24, 2.45) is 11.8 Å². The second kappa shape index (κ2) is 11.0. The summed E-state index contributed by atoms with van der Waals surface area (Å²) < 4.78 is 41.9. The molecule has 0 fully saturated rings. The molecule has 0 spiro atoms. The largest absolute Gasteiger partial charge is 0.399 e. The first kappa shape index (κ1) is 27.1. The summed E-state index contributed by atoms with van der Waals surface area (Å²) in [6.07, 6.45) is 2.82. The molecular formula is C23H19Cl4F3N2OS. The van der Waals surface area contributed by atoms with Gasteiger partial charge in [0, 0.05) is 16.6 Å². The Morgan fingerprint density at radius 3 is 2.35 bits per heavy atom. The van der Waals surface area contributed by atoms with Gasteiger partial charge < -0.3 is 5.32 Å². The Kier molecular flexibility index (Phi) is 8.80. The van der Waals surface area contributed by atoms with E-state index >= 15 is 0 Å². The van der Waals surface area contributed by atoms with Gasteiger partial charge in [-0.25, -0.2) is 4.98 Å². The van der Waals surface area contributed by atoms with Crippen molar-refractivity contribution in [3.05, 3.63) is 83.8 Å². The minimum atomic E-state index is -4.57. The van der Waals surface area contributed by atoms with E-state index in [1.165, 1.54) is 17.4 Å². The maximum atomic E-state index is 13.8. The number of benzene rings is 1. The lowest BCUT2D eigenvalue weighted by Gasteiger charge is -2.27. The third-order valence-corrected chi connectivity index (χ3v) is 7.94. The maximum Gasteiger partial charge on any atom is 0.399 e. The van der Waals surface area contributed by atoms with Gasteiger partial charge in [0.15, 0.2) is 4.47 Å². The van der Waals surface area contributed by atoms with Crippen LogP contribution in [-0.2, 0) is 11.3 Å². The fourth-order valence-corrected chi connectivity index (χ4v) is 5.07. The van der Waals surface area contributed by atoms with Crippen LogP contribution in [-0.4, -0.2) is 17.1 Å². The van der Waals surface area contributed by atoms with E-state index in [9.17, 15) is 18.0 Å². The molecule has 1 amide bonds. The monoisotopic (exact) mass is 568 g/mol. The molecule has 34 heavy (non-hydrogen) atoms. The molecule has 1 heterocycles. The molecule has 3 atom stereocenters. The Bertz CT molecular complexity index is 1150. The van der Waals surface area contributed by atoms with Gasteiger partial charge >= 0.3 is 6.18 Å². The van der Waals surface area contributed by atoms with Gasteiger partial charge in [0.25, 0.3) is 0 Å². The van der Waals surface area contributed by atoms with Crippen molar-refractivity contribution < 1.29 is 18.0 Å². The number of amides is 1. The molecule has 1 aromatic heterocycles. The topological polar surface area (TPSA) is 42.0 Å². The lowest BCUT2D eigenvalue weighted by molar-refractivity contribution is -0.139. The number of hydrogen-bond donors (Lipinski definition) is 1. The summed E-state index contributed by atoms with van der Waals surface area (Å²) in [5.41, 5.74) is 1.10. The molecule has 3 unspecified atom stereocenters. The first-order chi connectivity index (χ1) is 15.9. The van der Waals surface area contributed by atoms with E-state index in [2.05, 4.69) is 10.3 Å². The number of nitrogens with zero attached hydrogens (tertiary/aromatic N) is 1. The van der Waals surface area contributed by atoms with Crippen LogP contribution in [0.25, 0.3) is 0 Å². The van der Waals surface area contributed by atoms with Gasteiger partial charge in [-0.1, -0.05) is 84.6 Å². The molecule has 1 N–H and O–H groups in total. The van der Waals surface area contributed by atoms with Crippen molar-refractivity contribution in [2.75, 3.05) is 0 Å². The van der Waals surface area contributed by atoms with Gasteiger partial charge in [-0.05, 0) is 35.1 Å². The number of aromatic nitrogens is 1. The van der Waals surface area contributed by atoms with Crippen molar-refractivity contribution in [1.82, 2.24) is 10.3 Å². The normalized spacial score (nSPS) is 19.7. The highest BCUT2D eigenvalue weighted by atomic mass is 35.5. The van der Waals surface area contributed by atoms with Crippen LogP contribution in [0.1, 0.15) is 30.2 Å². The molecule has 0 saturated carbocycles. The summed E-state index contributed by atoms with van der Waals surface area (Å²) in [4.78, 5) is 17.4. The van der Waals surface area contributed by atoms with Crippen LogP contribution in [0.3, 0.4) is 0 Å². The summed E-state index contributed by atoms with van der Waals surface area (Å²) in [6.45, 7) is 4.01. The third-order valence-electron chi connectivity index (χ3n) is 5.63. The average Bonchev–Trinajstić information content (AvgIpc) is 3.17. The van der Waals surface area contributed by atoms with E-state index in [0.717, 1.165) is 23.1 Å². The highest BCUT2D eigenvalue weighted by Crippen LogP contribution is 2.41. The van der Waals surface area contributed by atoms with Crippen LogP contribution in [0.15, 0.2) is 53.8 Å². The Labute approximate surface area is 219 Å². The molecule has 11 heteroatoms. The van der Waals surface area contributed by atoms with Crippen LogP contribution in [0.5, 0.6) is 0 Å². The van der Waals surface area contributed by atoms with Crippen molar-refractivity contribution in [2.45, 2.75) is 32.5 Å². The molecule has 3 rings (SSSR count).